The van der Waals surface area contributed by atoms with Crippen LogP contribution in [0.3, 0.4) is 0 Å². The maximum absolute atomic E-state index is 13.2. The number of H-pyrrole nitrogens is 1. The van der Waals surface area contributed by atoms with Crippen molar-refractivity contribution >= 4 is 17.7 Å². The van der Waals surface area contributed by atoms with Crippen LogP contribution in [0.2, 0.25) is 0 Å². The Labute approximate surface area is 170 Å². The summed E-state index contributed by atoms with van der Waals surface area (Å²) >= 11 is 1.92. The number of methoxy groups -OCH3 is 2. The highest BCUT2D eigenvalue weighted by atomic mass is 32.2. The van der Waals surface area contributed by atoms with Crippen LogP contribution < -0.4 is 9.47 Å². The van der Waals surface area contributed by atoms with Gasteiger partial charge in [-0.2, -0.15) is 16.9 Å². The minimum Gasteiger partial charge on any atom is -0.497 e. The van der Waals surface area contributed by atoms with Crippen LogP contribution in [0.25, 0.3) is 11.3 Å². The summed E-state index contributed by atoms with van der Waals surface area (Å²) in [6.07, 6.45) is 1.00. The van der Waals surface area contributed by atoms with E-state index in [0.29, 0.717) is 22.9 Å². The van der Waals surface area contributed by atoms with Gasteiger partial charge >= 0.3 is 0 Å². The zero-order chi connectivity index (χ0) is 20.1. The van der Waals surface area contributed by atoms with E-state index in [1.54, 1.807) is 20.3 Å². The Morgan fingerprint density at radius 2 is 2.14 bits per heavy atom. The third-order valence-corrected chi connectivity index (χ3v) is 5.96. The maximum Gasteiger partial charge on any atom is 0.272 e. The second-order valence-electron chi connectivity index (χ2n) is 7.08. The quantitative estimate of drug-likeness (QED) is 0.798. The van der Waals surface area contributed by atoms with Gasteiger partial charge in [-0.05, 0) is 50.5 Å². The first kappa shape index (κ1) is 20.5. The molecule has 0 aliphatic carbocycles. The molecule has 1 aromatic heterocycles. The number of hydrogen-bond acceptors (Lipinski definition) is 6. The molecule has 1 aliphatic rings. The first-order valence-electron chi connectivity index (χ1n) is 9.34. The average molecular weight is 405 g/mol. The number of nitrogens with one attached hydrogen (secondary N) is 1. The zero-order valence-corrected chi connectivity index (χ0v) is 17.7. The summed E-state index contributed by atoms with van der Waals surface area (Å²) in [5, 5.41) is 7.30. The first-order valence-corrected chi connectivity index (χ1v) is 10.5. The summed E-state index contributed by atoms with van der Waals surface area (Å²) in [7, 11) is 7.32. The molecule has 1 saturated heterocycles. The van der Waals surface area contributed by atoms with E-state index in [9.17, 15) is 4.79 Å². The SMILES string of the molecule is COc1ccc(OC)c(-c2cc(C(=O)N3CCCSCC3CN(C)C)[nH]n2)c1. The van der Waals surface area contributed by atoms with Gasteiger partial charge in [-0.25, -0.2) is 0 Å². The number of carbonyl (C=O) groups is 1. The number of ether oxygens (including phenoxy) is 2. The fourth-order valence-corrected chi connectivity index (χ4v) is 4.46. The van der Waals surface area contributed by atoms with Gasteiger partial charge < -0.3 is 19.3 Å². The molecule has 1 N–H and O–H groups in total. The molecule has 3 rings (SSSR count). The van der Waals surface area contributed by atoms with E-state index in [1.807, 2.05) is 49.0 Å². The van der Waals surface area contributed by atoms with Gasteiger partial charge in [0.25, 0.3) is 5.91 Å². The average Bonchev–Trinajstić information content (AvgIpc) is 3.08. The lowest BCUT2D eigenvalue weighted by atomic mass is 10.1. The maximum atomic E-state index is 13.2. The first-order chi connectivity index (χ1) is 13.5. The van der Waals surface area contributed by atoms with E-state index >= 15 is 0 Å². The number of nitrogens with zero attached hydrogens (tertiary/aromatic N) is 3. The highest BCUT2D eigenvalue weighted by Gasteiger charge is 2.28. The lowest BCUT2D eigenvalue weighted by Crippen LogP contribution is -2.46. The molecule has 152 valence electrons. The summed E-state index contributed by atoms with van der Waals surface area (Å²) in [5.74, 6) is 3.43. The van der Waals surface area contributed by atoms with E-state index in [1.165, 1.54) is 0 Å². The van der Waals surface area contributed by atoms with E-state index < -0.39 is 0 Å². The van der Waals surface area contributed by atoms with Crippen molar-refractivity contribution in [2.24, 2.45) is 0 Å². The largest absolute Gasteiger partial charge is 0.497 e. The fraction of sp³-hybridized carbons (Fsp3) is 0.500. The number of likely N-dealkylation sites (N-methyl/N-ethyl adjacent to an activating group) is 1. The van der Waals surface area contributed by atoms with E-state index in [0.717, 1.165) is 36.6 Å². The van der Waals surface area contributed by atoms with Crippen LogP contribution in [-0.2, 0) is 0 Å². The number of thioether (sulfide) groups is 1. The van der Waals surface area contributed by atoms with Gasteiger partial charge in [-0.3, -0.25) is 9.89 Å². The highest BCUT2D eigenvalue weighted by Crippen LogP contribution is 2.32. The van der Waals surface area contributed by atoms with Crippen LogP contribution in [0, 0.1) is 0 Å². The standard InChI is InChI=1S/C20H28N4O3S/c1-23(2)12-14-13-28-9-5-8-24(14)20(25)18-11-17(21-22-18)16-10-15(26-3)6-7-19(16)27-4/h6-7,10-11,14H,5,8-9,12-13H2,1-4H3,(H,21,22). The summed E-state index contributed by atoms with van der Waals surface area (Å²) < 4.78 is 10.8. The monoisotopic (exact) mass is 404 g/mol. The summed E-state index contributed by atoms with van der Waals surface area (Å²) in [5.41, 5.74) is 1.94. The zero-order valence-electron chi connectivity index (χ0n) is 16.9. The number of carbonyl (C=O) groups excluding carboxylic acids is 1. The second kappa shape index (κ2) is 9.34. The van der Waals surface area contributed by atoms with Crippen molar-refractivity contribution in [2.75, 3.05) is 52.9 Å². The van der Waals surface area contributed by atoms with Crippen molar-refractivity contribution in [1.29, 1.82) is 0 Å². The predicted octanol–water partition coefficient (Wildman–Crippen LogP) is 2.60. The number of hydrogen-bond donors (Lipinski definition) is 1. The van der Waals surface area contributed by atoms with Crippen molar-refractivity contribution in [2.45, 2.75) is 12.5 Å². The topological polar surface area (TPSA) is 70.7 Å². The number of amides is 1. The molecule has 28 heavy (non-hydrogen) atoms. The van der Waals surface area contributed by atoms with Crippen molar-refractivity contribution in [3.05, 3.63) is 30.0 Å². The third kappa shape index (κ3) is 4.62. The molecule has 0 saturated carbocycles. The summed E-state index contributed by atoms with van der Waals surface area (Å²) in [6, 6.07) is 7.52. The Morgan fingerprint density at radius 1 is 1.32 bits per heavy atom. The molecule has 0 spiro atoms. The fourth-order valence-electron chi connectivity index (χ4n) is 3.41. The highest BCUT2D eigenvalue weighted by molar-refractivity contribution is 7.99. The van der Waals surface area contributed by atoms with Crippen LogP contribution in [0.5, 0.6) is 11.5 Å². The Bertz CT molecular complexity index is 808. The van der Waals surface area contributed by atoms with E-state index in [4.69, 9.17) is 9.47 Å². The molecule has 0 bridgehead atoms. The number of benzene rings is 1. The second-order valence-corrected chi connectivity index (χ2v) is 8.23. The minimum absolute atomic E-state index is 0.00466. The molecule has 2 heterocycles. The molecule has 1 amide bonds. The molecule has 0 radical (unpaired) electrons. The molecule has 8 heteroatoms. The molecule has 1 fully saturated rings. The van der Waals surface area contributed by atoms with Crippen molar-refractivity contribution < 1.29 is 14.3 Å². The molecular weight excluding hydrogens is 376 g/mol. The van der Waals surface area contributed by atoms with Crippen molar-refractivity contribution in [3.8, 4) is 22.8 Å². The Balaban J connectivity index is 1.87. The Morgan fingerprint density at radius 3 is 2.86 bits per heavy atom. The summed E-state index contributed by atoms with van der Waals surface area (Å²) in [4.78, 5) is 17.4. The smallest absolute Gasteiger partial charge is 0.272 e. The number of aromatic nitrogens is 2. The molecule has 1 aliphatic heterocycles. The van der Waals surface area contributed by atoms with Gasteiger partial charge in [-0.15, -0.1) is 0 Å². The minimum atomic E-state index is -0.00466. The molecule has 7 nitrogen and oxygen atoms in total. The predicted molar refractivity (Wildman–Crippen MR) is 112 cm³/mol. The van der Waals surface area contributed by atoms with Crippen LogP contribution >= 0.6 is 11.8 Å². The molecule has 1 unspecified atom stereocenters. The van der Waals surface area contributed by atoms with Gasteiger partial charge in [-0.1, -0.05) is 0 Å². The Hall–Kier alpha value is -2.19. The third-order valence-electron chi connectivity index (χ3n) is 4.77. The van der Waals surface area contributed by atoms with Crippen LogP contribution in [0.1, 0.15) is 16.9 Å². The van der Waals surface area contributed by atoms with Gasteiger partial charge in [0.1, 0.15) is 17.2 Å². The number of rotatable bonds is 6. The molecular formula is C20H28N4O3S. The lowest BCUT2D eigenvalue weighted by molar-refractivity contribution is 0.0669. The van der Waals surface area contributed by atoms with Gasteiger partial charge in [0.05, 0.1) is 26.0 Å². The number of aromatic amines is 1. The lowest BCUT2D eigenvalue weighted by Gasteiger charge is -2.31. The van der Waals surface area contributed by atoms with Gasteiger partial charge in [0.15, 0.2) is 0 Å². The van der Waals surface area contributed by atoms with Gasteiger partial charge in [0.2, 0.25) is 0 Å². The summed E-state index contributed by atoms with van der Waals surface area (Å²) in [6.45, 7) is 1.62. The van der Waals surface area contributed by atoms with Crippen molar-refractivity contribution in [3.63, 3.8) is 0 Å². The van der Waals surface area contributed by atoms with Gasteiger partial charge in [0, 0.05) is 24.4 Å². The van der Waals surface area contributed by atoms with Crippen LogP contribution in [0.4, 0.5) is 0 Å². The van der Waals surface area contributed by atoms with E-state index in [-0.39, 0.29) is 11.9 Å². The Kier molecular flexibility index (Phi) is 6.85. The van der Waals surface area contributed by atoms with Crippen LogP contribution in [-0.4, -0.2) is 84.9 Å². The molecule has 2 aromatic rings. The molecule has 1 atom stereocenters. The van der Waals surface area contributed by atoms with Crippen LogP contribution in [0.15, 0.2) is 24.3 Å². The molecule has 1 aromatic carbocycles. The van der Waals surface area contributed by atoms with E-state index in [2.05, 4.69) is 15.1 Å². The van der Waals surface area contributed by atoms with Crippen molar-refractivity contribution in [1.82, 2.24) is 20.0 Å². The normalized spacial score (nSPS) is 17.5.